The van der Waals surface area contributed by atoms with Crippen LogP contribution in [-0.4, -0.2) is 37.0 Å². The molecule has 0 aromatic carbocycles. The van der Waals surface area contributed by atoms with Crippen LogP contribution < -0.4 is 5.32 Å². The van der Waals surface area contributed by atoms with Crippen molar-refractivity contribution in [1.82, 2.24) is 10.2 Å². The van der Waals surface area contributed by atoms with E-state index in [9.17, 15) is 4.79 Å². The van der Waals surface area contributed by atoms with Gasteiger partial charge in [-0.05, 0) is 18.9 Å². The Hall–Kier alpha value is -0.570. The van der Waals surface area contributed by atoms with Crippen molar-refractivity contribution < 1.29 is 4.79 Å². The lowest BCUT2D eigenvalue weighted by Crippen LogP contribution is -2.34. The van der Waals surface area contributed by atoms with Gasteiger partial charge in [0.25, 0.3) is 0 Å². The second-order valence-electron chi connectivity index (χ2n) is 4.08. The predicted molar refractivity (Wildman–Crippen MR) is 53.5 cm³/mol. The molecule has 0 spiro atoms. The lowest BCUT2D eigenvalue weighted by Gasteiger charge is -2.20. The molecule has 1 rings (SSSR count). The number of hydrogen-bond acceptors (Lipinski definition) is 2. The zero-order valence-corrected chi connectivity index (χ0v) is 8.68. The van der Waals surface area contributed by atoms with Gasteiger partial charge in [-0.2, -0.15) is 0 Å². The summed E-state index contributed by atoms with van der Waals surface area (Å²) in [5.41, 5.74) is 0. The van der Waals surface area contributed by atoms with Crippen LogP contribution in [0.4, 0.5) is 0 Å². The molecular weight excluding hydrogens is 164 g/mol. The monoisotopic (exact) mass is 184 g/mol. The van der Waals surface area contributed by atoms with E-state index in [0.717, 1.165) is 32.6 Å². The number of hydrogen-bond donors (Lipinski definition) is 1. The lowest BCUT2D eigenvalue weighted by atomic mass is 10.1. The average molecular weight is 184 g/mol. The zero-order chi connectivity index (χ0) is 9.68. The summed E-state index contributed by atoms with van der Waals surface area (Å²) in [6.45, 7) is 7.99. The molecule has 1 N–H and O–H groups in total. The highest BCUT2D eigenvalue weighted by molar-refractivity contribution is 5.76. The van der Waals surface area contributed by atoms with Gasteiger partial charge in [0, 0.05) is 26.1 Å². The molecule has 1 amide bonds. The number of nitrogens with zero attached hydrogens (tertiary/aromatic N) is 1. The van der Waals surface area contributed by atoms with Crippen LogP contribution in [0, 0.1) is 5.92 Å². The minimum absolute atomic E-state index is 0.318. The Bertz CT molecular complexity index is 160. The number of carbonyl (C=O) groups excluding carboxylic acids is 1. The maximum Gasteiger partial charge on any atom is 0.222 e. The molecule has 1 saturated heterocycles. The van der Waals surface area contributed by atoms with Crippen molar-refractivity contribution >= 4 is 5.91 Å². The highest BCUT2D eigenvalue weighted by Gasteiger charge is 2.15. The summed E-state index contributed by atoms with van der Waals surface area (Å²) in [7, 11) is 0. The molecule has 0 bridgehead atoms. The summed E-state index contributed by atoms with van der Waals surface area (Å²) in [5.74, 6) is 0.794. The summed E-state index contributed by atoms with van der Waals surface area (Å²) < 4.78 is 0. The fourth-order valence-corrected chi connectivity index (χ4v) is 1.57. The Balaban J connectivity index is 2.35. The molecule has 3 nitrogen and oxygen atoms in total. The van der Waals surface area contributed by atoms with Crippen LogP contribution in [0.3, 0.4) is 0 Å². The normalized spacial score (nSPS) is 18.8. The molecule has 3 heteroatoms. The zero-order valence-electron chi connectivity index (χ0n) is 8.68. The summed E-state index contributed by atoms with van der Waals surface area (Å²) in [6.07, 6.45) is 1.78. The summed E-state index contributed by atoms with van der Waals surface area (Å²) in [6, 6.07) is 0. The Labute approximate surface area is 80.5 Å². The van der Waals surface area contributed by atoms with Crippen LogP contribution in [-0.2, 0) is 4.79 Å². The van der Waals surface area contributed by atoms with Crippen LogP contribution in [0.15, 0.2) is 0 Å². The smallest absolute Gasteiger partial charge is 0.222 e. The van der Waals surface area contributed by atoms with Crippen molar-refractivity contribution in [1.29, 1.82) is 0 Å². The van der Waals surface area contributed by atoms with E-state index in [1.807, 2.05) is 4.90 Å². The van der Waals surface area contributed by atoms with Gasteiger partial charge in [-0.15, -0.1) is 0 Å². The van der Waals surface area contributed by atoms with E-state index >= 15 is 0 Å². The molecule has 0 atom stereocenters. The van der Waals surface area contributed by atoms with Crippen molar-refractivity contribution in [3.8, 4) is 0 Å². The van der Waals surface area contributed by atoms with E-state index in [4.69, 9.17) is 0 Å². The van der Waals surface area contributed by atoms with Gasteiger partial charge in [-0.25, -0.2) is 0 Å². The van der Waals surface area contributed by atoms with Gasteiger partial charge in [-0.1, -0.05) is 13.8 Å². The first-order valence-electron chi connectivity index (χ1n) is 5.18. The maximum atomic E-state index is 11.7. The first kappa shape index (κ1) is 10.5. The number of carbonyl (C=O) groups is 1. The van der Waals surface area contributed by atoms with E-state index in [-0.39, 0.29) is 0 Å². The molecule has 1 fully saturated rings. The Morgan fingerprint density at radius 2 is 2.15 bits per heavy atom. The molecule has 1 aliphatic rings. The number of amides is 1. The third kappa shape index (κ3) is 3.77. The Morgan fingerprint density at radius 3 is 2.85 bits per heavy atom. The molecule has 1 aliphatic heterocycles. The van der Waals surface area contributed by atoms with Crippen LogP contribution in [0.25, 0.3) is 0 Å². The molecule has 13 heavy (non-hydrogen) atoms. The highest BCUT2D eigenvalue weighted by atomic mass is 16.2. The van der Waals surface area contributed by atoms with Gasteiger partial charge < -0.3 is 10.2 Å². The van der Waals surface area contributed by atoms with Crippen LogP contribution in [0.5, 0.6) is 0 Å². The van der Waals surface area contributed by atoms with E-state index in [2.05, 4.69) is 19.2 Å². The standard InChI is InChI=1S/C10H20N2O/c1-9(2)8-10(13)12-6-3-4-11-5-7-12/h9,11H,3-8H2,1-2H3. The summed E-state index contributed by atoms with van der Waals surface area (Å²) >= 11 is 0. The average Bonchev–Trinajstić information content (AvgIpc) is 2.29. The molecule has 0 saturated carbocycles. The Morgan fingerprint density at radius 1 is 1.38 bits per heavy atom. The quantitative estimate of drug-likeness (QED) is 0.690. The highest BCUT2D eigenvalue weighted by Crippen LogP contribution is 2.05. The molecule has 0 radical (unpaired) electrons. The predicted octanol–water partition coefficient (Wildman–Crippen LogP) is 0.854. The SMILES string of the molecule is CC(C)CC(=O)N1CCCNCC1. The van der Waals surface area contributed by atoms with Crippen molar-refractivity contribution in [2.24, 2.45) is 5.92 Å². The first-order valence-corrected chi connectivity index (χ1v) is 5.18. The number of nitrogens with one attached hydrogen (secondary N) is 1. The minimum atomic E-state index is 0.318. The van der Waals surface area contributed by atoms with Crippen molar-refractivity contribution in [3.63, 3.8) is 0 Å². The molecule has 0 aromatic heterocycles. The van der Waals surface area contributed by atoms with Gasteiger partial charge in [0.2, 0.25) is 5.91 Å². The van der Waals surface area contributed by atoms with E-state index in [1.165, 1.54) is 0 Å². The van der Waals surface area contributed by atoms with E-state index in [1.54, 1.807) is 0 Å². The van der Waals surface area contributed by atoms with E-state index in [0.29, 0.717) is 18.2 Å². The van der Waals surface area contributed by atoms with Gasteiger partial charge in [0.1, 0.15) is 0 Å². The van der Waals surface area contributed by atoms with Crippen molar-refractivity contribution in [2.75, 3.05) is 26.2 Å². The molecule has 1 heterocycles. The third-order valence-electron chi connectivity index (χ3n) is 2.28. The second-order valence-corrected chi connectivity index (χ2v) is 4.08. The van der Waals surface area contributed by atoms with Crippen molar-refractivity contribution in [2.45, 2.75) is 26.7 Å². The van der Waals surface area contributed by atoms with E-state index < -0.39 is 0 Å². The topological polar surface area (TPSA) is 32.3 Å². The minimum Gasteiger partial charge on any atom is -0.341 e. The summed E-state index contributed by atoms with van der Waals surface area (Å²) in [4.78, 5) is 13.6. The molecule has 0 unspecified atom stereocenters. The Kier molecular flexibility index (Phi) is 4.22. The fourth-order valence-electron chi connectivity index (χ4n) is 1.57. The molecule has 0 aromatic rings. The number of rotatable bonds is 2. The van der Waals surface area contributed by atoms with Gasteiger partial charge >= 0.3 is 0 Å². The largest absolute Gasteiger partial charge is 0.341 e. The van der Waals surface area contributed by atoms with Gasteiger partial charge in [0.15, 0.2) is 0 Å². The lowest BCUT2D eigenvalue weighted by molar-refractivity contribution is -0.131. The third-order valence-corrected chi connectivity index (χ3v) is 2.28. The van der Waals surface area contributed by atoms with Crippen LogP contribution >= 0.6 is 0 Å². The fraction of sp³-hybridized carbons (Fsp3) is 0.900. The van der Waals surface area contributed by atoms with Gasteiger partial charge in [0.05, 0.1) is 0 Å². The van der Waals surface area contributed by atoms with Crippen LogP contribution in [0.1, 0.15) is 26.7 Å². The van der Waals surface area contributed by atoms with Crippen molar-refractivity contribution in [3.05, 3.63) is 0 Å². The van der Waals surface area contributed by atoms with Gasteiger partial charge in [-0.3, -0.25) is 4.79 Å². The molecule has 76 valence electrons. The van der Waals surface area contributed by atoms with Crippen LogP contribution in [0.2, 0.25) is 0 Å². The maximum absolute atomic E-state index is 11.7. The molecule has 0 aliphatic carbocycles. The second kappa shape index (κ2) is 5.22. The molecular formula is C10H20N2O. The summed E-state index contributed by atoms with van der Waals surface area (Å²) in [5, 5.41) is 3.29. The first-order chi connectivity index (χ1) is 6.20.